The smallest absolute Gasteiger partial charge is 0.129 e. The first-order valence-corrected chi connectivity index (χ1v) is 6.34. The van der Waals surface area contributed by atoms with Crippen LogP contribution in [0.5, 0.6) is 0 Å². The number of nitriles is 1. The molecule has 1 aromatic rings. The van der Waals surface area contributed by atoms with Gasteiger partial charge < -0.3 is 4.90 Å². The predicted molar refractivity (Wildman–Crippen MR) is 68.8 cm³/mol. The molecule has 0 bridgehead atoms. The molecule has 3 heteroatoms. The van der Waals surface area contributed by atoms with E-state index in [0.717, 1.165) is 18.9 Å². The van der Waals surface area contributed by atoms with E-state index in [1.54, 1.807) is 12.3 Å². The van der Waals surface area contributed by atoms with Crippen molar-refractivity contribution in [2.24, 2.45) is 5.41 Å². The fourth-order valence-electron chi connectivity index (χ4n) is 2.62. The predicted octanol–water partition coefficient (Wildman–Crippen LogP) is 2.97. The summed E-state index contributed by atoms with van der Waals surface area (Å²) in [5.74, 6) is 0.952. The minimum absolute atomic E-state index is 0.449. The molecule has 1 fully saturated rings. The van der Waals surface area contributed by atoms with Crippen molar-refractivity contribution in [3.8, 4) is 6.07 Å². The Morgan fingerprint density at radius 1 is 1.47 bits per heavy atom. The van der Waals surface area contributed by atoms with Gasteiger partial charge in [0.2, 0.25) is 0 Å². The van der Waals surface area contributed by atoms with Gasteiger partial charge >= 0.3 is 0 Å². The average molecular weight is 229 g/mol. The first-order chi connectivity index (χ1) is 8.23. The zero-order chi connectivity index (χ0) is 12.3. The number of aromatic nitrogens is 1. The first kappa shape index (κ1) is 11.9. The lowest BCUT2D eigenvalue weighted by Gasteiger charge is -2.26. The van der Waals surface area contributed by atoms with Crippen molar-refractivity contribution < 1.29 is 0 Å². The van der Waals surface area contributed by atoms with E-state index in [1.807, 2.05) is 6.07 Å². The molecule has 3 nitrogen and oxygen atoms in total. The highest BCUT2D eigenvalue weighted by atomic mass is 15.2. The Hall–Kier alpha value is -1.56. The van der Waals surface area contributed by atoms with Crippen LogP contribution in [-0.4, -0.2) is 18.1 Å². The van der Waals surface area contributed by atoms with E-state index in [9.17, 15) is 0 Å². The first-order valence-electron chi connectivity index (χ1n) is 6.34. The number of anilines is 1. The van der Waals surface area contributed by atoms with Crippen molar-refractivity contribution in [3.05, 3.63) is 23.9 Å². The Labute approximate surface area is 103 Å². The molecule has 2 heterocycles. The minimum atomic E-state index is 0.449. The van der Waals surface area contributed by atoms with E-state index in [1.165, 1.54) is 19.3 Å². The normalized spacial score (nSPS) is 18.1. The van der Waals surface area contributed by atoms with Gasteiger partial charge in [-0.15, -0.1) is 0 Å². The van der Waals surface area contributed by atoms with Crippen LogP contribution in [0.4, 0.5) is 5.82 Å². The molecular weight excluding hydrogens is 210 g/mol. The molecule has 0 radical (unpaired) electrons. The summed E-state index contributed by atoms with van der Waals surface area (Å²) in [5, 5.41) is 8.90. The molecule has 0 N–H and O–H groups in total. The van der Waals surface area contributed by atoms with E-state index in [0.29, 0.717) is 11.0 Å². The van der Waals surface area contributed by atoms with Gasteiger partial charge in [0.15, 0.2) is 0 Å². The topological polar surface area (TPSA) is 39.9 Å². The molecule has 1 aliphatic rings. The van der Waals surface area contributed by atoms with Crippen LogP contribution in [0, 0.1) is 16.7 Å². The van der Waals surface area contributed by atoms with Crippen LogP contribution < -0.4 is 4.90 Å². The average Bonchev–Trinajstić information content (AvgIpc) is 2.84. The van der Waals surface area contributed by atoms with Crippen LogP contribution in [0.25, 0.3) is 0 Å². The van der Waals surface area contributed by atoms with E-state index in [-0.39, 0.29) is 0 Å². The Kier molecular flexibility index (Phi) is 3.33. The summed E-state index contributed by atoms with van der Waals surface area (Å²) in [6, 6.07) is 5.82. The van der Waals surface area contributed by atoms with Crippen LogP contribution >= 0.6 is 0 Å². The Morgan fingerprint density at radius 3 is 2.82 bits per heavy atom. The quantitative estimate of drug-likeness (QED) is 0.800. The zero-order valence-electron chi connectivity index (χ0n) is 10.6. The molecule has 0 atom stereocenters. The molecule has 1 aromatic heterocycles. The molecule has 0 saturated carbocycles. The molecule has 0 aromatic carbocycles. The summed E-state index contributed by atoms with van der Waals surface area (Å²) < 4.78 is 0. The van der Waals surface area contributed by atoms with E-state index >= 15 is 0 Å². The maximum atomic E-state index is 8.90. The minimum Gasteiger partial charge on any atom is -0.356 e. The lowest BCUT2D eigenvalue weighted by atomic mass is 9.82. The lowest BCUT2D eigenvalue weighted by Crippen LogP contribution is -2.26. The number of hydrogen-bond donors (Lipinski definition) is 0. The number of rotatable bonds is 3. The van der Waals surface area contributed by atoms with Gasteiger partial charge in [-0.2, -0.15) is 5.26 Å². The summed E-state index contributed by atoms with van der Waals surface area (Å²) in [4.78, 5) is 6.69. The fraction of sp³-hybridized carbons (Fsp3) is 0.571. The Morgan fingerprint density at radius 2 is 2.24 bits per heavy atom. The van der Waals surface area contributed by atoms with Gasteiger partial charge in [0.05, 0.1) is 11.6 Å². The molecule has 0 aliphatic carbocycles. The van der Waals surface area contributed by atoms with Crippen LogP contribution in [0.2, 0.25) is 0 Å². The van der Waals surface area contributed by atoms with Crippen molar-refractivity contribution in [1.82, 2.24) is 4.98 Å². The number of hydrogen-bond acceptors (Lipinski definition) is 3. The van der Waals surface area contributed by atoms with Crippen molar-refractivity contribution >= 4 is 5.82 Å². The fourth-order valence-corrected chi connectivity index (χ4v) is 2.62. The van der Waals surface area contributed by atoms with Gasteiger partial charge in [0.1, 0.15) is 5.82 Å². The molecule has 90 valence electrons. The maximum Gasteiger partial charge on any atom is 0.129 e. The summed E-state index contributed by atoms with van der Waals surface area (Å²) in [7, 11) is 0. The highest BCUT2D eigenvalue weighted by molar-refractivity contribution is 5.46. The van der Waals surface area contributed by atoms with Crippen LogP contribution in [0.1, 0.15) is 38.7 Å². The molecule has 0 amide bonds. The lowest BCUT2D eigenvalue weighted by molar-refractivity contribution is 0.301. The molecule has 1 saturated heterocycles. The summed E-state index contributed by atoms with van der Waals surface area (Å²) >= 11 is 0. The largest absolute Gasteiger partial charge is 0.356 e. The number of nitrogens with zero attached hydrogens (tertiary/aromatic N) is 3. The standard InChI is InChI=1S/C14H19N3/c1-3-14(4-2)6-8-17(11-14)13-9-12(10-15)5-7-16-13/h5,7,9H,3-4,6,8,11H2,1-2H3. The highest BCUT2D eigenvalue weighted by Crippen LogP contribution is 2.38. The second-order valence-electron chi connectivity index (χ2n) is 4.89. The van der Waals surface area contributed by atoms with E-state index < -0.39 is 0 Å². The van der Waals surface area contributed by atoms with Crippen LogP contribution in [-0.2, 0) is 0 Å². The SMILES string of the molecule is CCC1(CC)CCN(c2cc(C#N)ccn2)C1. The molecule has 1 aliphatic heterocycles. The van der Waals surface area contributed by atoms with Crippen molar-refractivity contribution in [2.45, 2.75) is 33.1 Å². The summed E-state index contributed by atoms with van der Waals surface area (Å²) in [6.07, 6.45) is 5.40. The van der Waals surface area contributed by atoms with E-state index in [4.69, 9.17) is 5.26 Å². The summed E-state index contributed by atoms with van der Waals surface area (Å²) in [6.45, 7) is 6.67. The van der Waals surface area contributed by atoms with Gasteiger partial charge in [-0.25, -0.2) is 4.98 Å². The third-order valence-corrected chi connectivity index (χ3v) is 4.14. The van der Waals surface area contributed by atoms with Gasteiger partial charge in [0.25, 0.3) is 0 Å². The van der Waals surface area contributed by atoms with Crippen molar-refractivity contribution in [1.29, 1.82) is 5.26 Å². The van der Waals surface area contributed by atoms with Crippen molar-refractivity contribution in [2.75, 3.05) is 18.0 Å². The summed E-state index contributed by atoms with van der Waals surface area (Å²) in [5.41, 5.74) is 1.14. The van der Waals surface area contributed by atoms with Crippen LogP contribution in [0.3, 0.4) is 0 Å². The molecular formula is C14H19N3. The van der Waals surface area contributed by atoms with Gasteiger partial charge in [-0.3, -0.25) is 0 Å². The third-order valence-electron chi connectivity index (χ3n) is 4.14. The molecule has 2 rings (SSSR count). The Bertz CT molecular complexity index is 429. The molecule has 17 heavy (non-hydrogen) atoms. The zero-order valence-corrected chi connectivity index (χ0v) is 10.6. The monoisotopic (exact) mass is 229 g/mol. The molecule has 0 spiro atoms. The van der Waals surface area contributed by atoms with E-state index in [2.05, 4.69) is 29.8 Å². The van der Waals surface area contributed by atoms with Crippen LogP contribution in [0.15, 0.2) is 18.3 Å². The molecule has 0 unspecified atom stereocenters. The van der Waals surface area contributed by atoms with Gasteiger partial charge in [-0.1, -0.05) is 13.8 Å². The van der Waals surface area contributed by atoms with Crippen molar-refractivity contribution in [3.63, 3.8) is 0 Å². The number of pyridine rings is 1. The highest BCUT2D eigenvalue weighted by Gasteiger charge is 2.35. The maximum absolute atomic E-state index is 8.90. The second kappa shape index (κ2) is 4.75. The van der Waals surface area contributed by atoms with Gasteiger partial charge in [0, 0.05) is 19.3 Å². The Balaban J connectivity index is 2.18. The van der Waals surface area contributed by atoms with Gasteiger partial charge in [-0.05, 0) is 36.8 Å². The third kappa shape index (κ3) is 2.26. The second-order valence-corrected chi connectivity index (χ2v) is 4.89.